The number of rotatable bonds is 13. The molecular formula is C71H94BN2O17. The molecule has 0 amide bonds. The van der Waals surface area contributed by atoms with E-state index in [-0.39, 0.29) is 48.7 Å². The van der Waals surface area contributed by atoms with Crippen molar-refractivity contribution in [2.75, 3.05) is 18.5 Å². The van der Waals surface area contributed by atoms with Gasteiger partial charge < -0.3 is 74.8 Å². The molecule has 3 aromatic carbocycles. The van der Waals surface area contributed by atoms with Crippen LogP contribution in [-0.4, -0.2) is 159 Å². The van der Waals surface area contributed by atoms with Gasteiger partial charge in [0.2, 0.25) is 0 Å². The Hall–Kier alpha value is -5.78. The average molecular weight is 1260 g/mol. The lowest BCUT2D eigenvalue weighted by Crippen LogP contribution is -2.75. The number of nitrogens with one attached hydrogen (secondary N) is 2. The van der Waals surface area contributed by atoms with E-state index in [1.807, 2.05) is 123 Å². The number of benzene rings is 3. The van der Waals surface area contributed by atoms with Gasteiger partial charge in [0.25, 0.3) is 7.41 Å². The van der Waals surface area contributed by atoms with E-state index in [1.165, 1.54) is 0 Å². The van der Waals surface area contributed by atoms with Crippen LogP contribution in [-0.2, 0) is 47.7 Å². The molecule has 11 rings (SSSR count). The predicted octanol–water partition coefficient (Wildman–Crippen LogP) is 6.30. The fraction of sp³-hybridized carbons (Fsp3) is 0.606. The number of carbonyl (C=O) groups is 6. The highest BCUT2D eigenvalue weighted by atomic mass is 16.6. The first-order valence-electron chi connectivity index (χ1n) is 31.9. The van der Waals surface area contributed by atoms with Crippen LogP contribution in [0, 0.1) is 62.1 Å². The zero-order valence-corrected chi connectivity index (χ0v) is 54.7. The SMILES string of the molecule is C=O.CC1=C2[C@@H](C)C(=O)[C@@]3(C)[C@H]([C@H](C)[C@](O)(C[C@@H]1OC(=O)[C@H](O)[C@@H](Nc1ccccc1)c1ccccc1)C2(C)C)[C@]1(C)CO[C@@H]1C[C@@H]3O.CC1=C2[C@@H](O)C(=O)[C@@]3(C)[C@H]([C@H](C)[C@](O)(C[C@@H]1OC(=O)[C@H](O)[C@@H](N[B]C=O)c1ccccc1)C2(C)C)[C@]1(C)CO[C@@H]1C[C@@H]3O. The van der Waals surface area contributed by atoms with Crippen molar-refractivity contribution in [2.45, 2.75) is 194 Å². The number of Topliss-reactive ketones (excluding diaryl/α,β-unsaturated/α-hetero) is 2. The van der Waals surface area contributed by atoms with E-state index in [2.05, 4.69) is 17.5 Å². The van der Waals surface area contributed by atoms with Crippen LogP contribution in [0.15, 0.2) is 113 Å². The number of aliphatic hydroxyl groups excluding tert-OH is 5. The van der Waals surface area contributed by atoms with Crippen LogP contribution in [0.5, 0.6) is 0 Å². The minimum absolute atomic E-state index is 0.0515. The van der Waals surface area contributed by atoms with Gasteiger partial charge in [-0.1, -0.05) is 141 Å². The van der Waals surface area contributed by atoms with Gasteiger partial charge in [-0.15, -0.1) is 0 Å². The lowest BCUT2D eigenvalue weighted by Gasteiger charge is -2.68. The Balaban J connectivity index is 0.000000210. The number of hydrogen-bond donors (Lipinski definition) is 9. The molecule has 6 aliphatic carbocycles. The third-order valence-corrected chi connectivity index (χ3v) is 24.3. The summed E-state index contributed by atoms with van der Waals surface area (Å²) in [4.78, 5) is 75.3. The molecule has 20 heteroatoms. The molecule has 22 atom stereocenters. The third kappa shape index (κ3) is 10.7. The number of hydrogen-bond acceptors (Lipinski definition) is 19. The minimum atomic E-state index is -1.72. The lowest BCUT2D eigenvalue weighted by molar-refractivity contribution is -0.302. The van der Waals surface area contributed by atoms with Crippen molar-refractivity contribution in [1.29, 1.82) is 0 Å². The monoisotopic (exact) mass is 1260 g/mol. The van der Waals surface area contributed by atoms with E-state index in [9.17, 15) is 59.7 Å². The molecule has 493 valence electrons. The Morgan fingerprint density at radius 2 is 1.00 bits per heavy atom. The zero-order chi connectivity index (χ0) is 67.1. The second-order valence-electron chi connectivity index (χ2n) is 29.3. The number of aliphatic hydroxyl groups is 7. The second kappa shape index (κ2) is 25.2. The molecule has 6 fully saturated rings. The molecule has 2 heterocycles. The maximum absolute atomic E-state index is 14.7. The van der Waals surface area contributed by atoms with Gasteiger partial charge >= 0.3 is 11.9 Å². The van der Waals surface area contributed by atoms with Crippen LogP contribution >= 0.6 is 0 Å². The Morgan fingerprint density at radius 1 is 0.615 bits per heavy atom. The molecule has 0 aromatic heterocycles. The van der Waals surface area contributed by atoms with Crippen LogP contribution < -0.4 is 10.5 Å². The summed E-state index contributed by atoms with van der Waals surface area (Å²) >= 11 is 0. The van der Waals surface area contributed by atoms with Gasteiger partial charge in [-0.25, -0.2) is 9.59 Å². The summed E-state index contributed by atoms with van der Waals surface area (Å²) in [6.07, 6.45) is -8.17. The molecule has 91 heavy (non-hydrogen) atoms. The van der Waals surface area contributed by atoms with E-state index < -0.39 is 140 Å². The Labute approximate surface area is 535 Å². The van der Waals surface area contributed by atoms with Crippen LogP contribution in [0.1, 0.15) is 139 Å². The van der Waals surface area contributed by atoms with E-state index in [0.717, 1.165) is 18.7 Å². The summed E-state index contributed by atoms with van der Waals surface area (Å²) < 4.78 is 23.8. The fourth-order valence-corrected chi connectivity index (χ4v) is 19.2. The van der Waals surface area contributed by atoms with Gasteiger partial charge in [-0.2, -0.15) is 0 Å². The first-order valence-corrected chi connectivity index (χ1v) is 31.9. The summed E-state index contributed by atoms with van der Waals surface area (Å²) in [5, 5.41) is 89.1. The largest absolute Gasteiger partial charge is 0.456 e. The van der Waals surface area contributed by atoms with Crippen molar-refractivity contribution < 1.29 is 83.5 Å². The van der Waals surface area contributed by atoms with Crippen molar-refractivity contribution in [1.82, 2.24) is 5.23 Å². The van der Waals surface area contributed by atoms with Crippen LogP contribution in [0.3, 0.4) is 0 Å². The highest BCUT2D eigenvalue weighted by Gasteiger charge is 2.75. The quantitative estimate of drug-likeness (QED) is 0.0392. The smallest absolute Gasteiger partial charge is 0.338 e. The summed E-state index contributed by atoms with van der Waals surface area (Å²) in [6.45, 7) is 27.3. The Bertz CT molecular complexity index is 3290. The van der Waals surface area contributed by atoms with Crippen molar-refractivity contribution in [3.8, 4) is 0 Å². The third-order valence-electron chi connectivity index (χ3n) is 24.3. The zero-order valence-electron chi connectivity index (χ0n) is 54.7. The molecule has 9 N–H and O–H groups in total. The van der Waals surface area contributed by atoms with Gasteiger partial charge in [0.05, 0.1) is 77.9 Å². The van der Waals surface area contributed by atoms with Crippen LogP contribution in [0.25, 0.3) is 0 Å². The number of anilines is 1. The van der Waals surface area contributed by atoms with Gasteiger partial charge in [0, 0.05) is 58.9 Å². The molecule has 1 radical (unpaired) electrons. The molecule has 0 spiro atoms. The van der Waals surface area contributed by atoms with Crippen molar-refractivity contribution in [2.24, 2.45) is 62.1 Å². The molecule has 4 bridgehead atoms. The lowest BCUT2D eigenvalue weighted by atomic mass is 9.40. The van der Waals surface area contributed by atoms with Crippen molar-refractivity contribution in [3.05, 3.63) is 124 Å². The summed E-state index contributed by atoms with van der Waals surface area (Å²) in [5.41, 5.74) is -4.22. The second-order valence-corrected chi connectivity index (χ2v) is 29.3. The number of esters is 2. The molecule has 2 aliphatic heterocycles. The van der Waals surface area contributed by atoms with E-state index in [4.69, 9.17) is 23.7 Å². The van der Waals surface area contributed by atoms with Crippen molar-refractivity contribution >= 4 is 49.6 Å². The molecule has 2 saturated heterocycles. The van der Waals surface area contributed by atoms with E-state index in [1.54, 1.807) is 58.0 Å². The van der Waals surface area contributed by atoms with Crippen LogP contribution in [0.2, 0.25) is 0 Å². The number of carbonyl (C=O) groups excluding carboxylic acids is 6. The van der Waals surface area contributed by atoms with E-state index in [0.29, 0.717) is 48.1 Å². The number of ether oxygens (including phenoxy) is 4. The molecule has 19 nitrogen and oxygen atoms in total. The normalized spacial score (nSPS) is 39.6. The van der Waals surface area contributed by atoms with E-state index >= 15 is 0 Å². The first kappa shape index (κ1) is 69.6. The Morgan fingerprint density at radius 3 is 1.42 bits per heavy atom. The van der Waals surface area contributed by atoms with Crippen molar-refractivity contribution in [3.63, 3.8) is 0 Å². The first-order chi connectivity index (χ1) is 42.7. The Kier molecular flexibility index (Phi) is 19.2. The van der Waals surface area contributed by atoms with Gasteiger partial charge in [0.15, 0.2) is 18.0 Å². The molecule has 8 aliphatic rings. The summed E-state index contributed by atoms with van der Waals surface area (Å²) in [7, 11) is 1.09. The number of fused-ring (bicyclic) bond motifs is 10. The predicted molar refractivity (Wildman–Crippen MR) is 339 cm³/mol. The van der Waals surface area contributed by atoms with Gasteiger partial charge in [-0.05, 0) is 96.9 Å². The number of ketones is 2. The summed E-state index contributed by atoms with van der Waals surface area (Å²) in [6, 6.07) is 25.5. The molecule has 3 aromatic rings. The van der Waals surface area contributed by atoms with Gasteiger partial charge in [0.1, 0.15) is 30.9 Å². The summed E-state index contributed by atoms with van der Waals surface area (Å²) in [5.74, 6) is -5.01. The molecule has 4 saturated carbocycles. The number of para-hydroxylation sites is 1. The molecular weight excluding hydrogens is 1160 g/mol. The fourth-order valence-electron chi connectivity index (χ4n) is 19.2. The average Bonchev–Trinajstić information content (AvgIpc) is 0.684. The maximum atomic E-state index is 14.7. The minimum Gasteiger partial charge on any atom is -0.456 e. The molecule has 0 unspecified atom stereocenters. The topological polar surface area (TPSA) is 305 Å². The van der Waals surface area contributed by atoms with Gasteiger partial charge in [-0.3, -0.25) is 9.59 Å². The van der Waals surface area contributed by atoms with Crippen LogP contribution in [0.4, 0.5) is 5.69 Å². The highest BCUT2D eigenvalue weighted by Crippen LogP contribution is 2.69. The standard InChI is InChI=1S/C38H49NO7.C32H43BNO9.CH2O/c1-21-26(46-34(43)31(41)30(24-14-10-8-11-15-24)39-25-16-12-9-13-17-25)19-38(44)23(3)32-36(6)20-45-28(36)18-27(40)37(32,7)33(42)22(2)29(21)35(38,4)5;1-16-19(43-28(40)25(38)23(34-33-15-35)18-10-8-7-9-11-18)13-32(41)17(2)26-30(5)14-42-21(30)12-20(36)31(26,6)27(39)24(37)22(16)29(32,3)4;1-2/h8-17,22-23,26-28,30-32,39-41,44H,18-20H2,1-7H3;7-11,15,17,19-21,23-26,34,36-38,41H,12-14H2,1-6H3;1H2/t22-,23+,26+,27+,28-,30+,31-,32-,36-,37-,38-;17-,19-,20-,21+,23-,24+,25+,26+,30+,31+,32+;/m10./s1. The highest BCUT2D eigenvalue weighted by molar-refractivity contribution is 6.64. The maximum Gasteiger partial charge on any atom is 0.338 e.